The molecule has 0 saturated carbocycles. The number of hydrogen-bond acceptors (Lipinski definition) is 5. The van der Waals surface area contributed by atoms with Gasteiger partial charge in [0.1, 0.15) is 19.5 Å². The maximum Gasteiger partial charge on any atom is 0.358 e. The number of carbonyl (C=O) groups is 2. The van der Waals surface area contributed by atoms with Crippen LogP contribution in [-0.2, 0) is 16.2 Å². The van der Waals surface area contributed by atoms with Crippen molar-refractivity contribution in [3.05, 3.63) is 64.2 Å². The standard InChI is InChI=1S/C20H21NO5/c1-12-10-18(13(2)9-17(12)14(3)22)26-11-15-7-5-6-8-16(15)19(20(23)24)21-25-4/h5-10H,11H2,1-4H3,(H,23,24)/b21-19+. The number of benzene rings is 2. The lowest BCUT2D eigenvalue weighted by Gasteiger charge is -2.14. The summed E-state index contributed by atoms with van der Waals surface area (Å²) in [5.41, 5.74) is 3.23. The molecular formula is C20H21NO5. The monoisotopic (exact) mass is 355 g/mol. The Bertz CT molecular complexity index is 871. The smallest absolute Gasteiger partial charge is 0.358 e. The van der Waals surface area contributed by atoms with Gasteiger partial charge in [0.15, 0.2) is 11.5 Å². The number of aliphatic carboxylic acids is 1. The van der Waals surface area contributed by atoms with Crippen LogP contribution in [0.5, 0.6) is 5.75 Å². The van der Waals surface area contributed by atoms with E-state index in [2.05, 4.69) is 9.99 Å². The van der Waals surface area contributed by atoms with E-state index in [-0.39, 0.29) is 18.1 Å². The molecule has 0 unspecified atom stereocenters. The van der Waals surface area contributed by atoms with Crippen molar-refractivity contribution in [2.45, 2.75) is 27.4 Å². The summed E-state index contributed by atoms with van der Waals surface area (Å²) < 4.78 is 5.89. The summed E-state index contributed by atoms with van der Waals surface area (Å²) >= 11 is 0. The van der Waals surface area contributed by atoms with Gasteiger partial charge in [-0.15, -0.1) is 0 Å². The number of carboxylic acids is 1. The molecule has 6 nitrogen and oxygen atoms in total. The summed E-state index contributed by atoms with van der Waals surface area (Å²) in [6.07, 6.45) is 0. The predicted molar refractivity (Wildman–Crippen MR) is 97.9 cm³/mol. The number of aryl methyl sites for hydroxylation is 2. The first kappa shape index (κ1) is 19.2. The molecule has 0 saturated heterocycles. The van der Waals surface area contributed by atoms with E-state index < -0.39 is 5.97 Å². The topological polar surface area (TPSA) is 85.2 Å². The fourth-order valence-corrected chi connectivity index (χ4v) is 2.65. The molecule has 1 N–H and O–H groups in total. The molecule has 2 aromatic carbocycles. The van der Waals surface area contributed by atoms with E-state index >= 15 is 0 Å². The molecule has 26 heavy (non-hydrogen) atoms. The molecule has 0 aromatic heterocycles. The number of nitrogens with zero attached hydrogens (tertiary/aromatic N) is 1. The van der Waals surface area contributed by atoms with Gasteiger partial charge in [0.25, 0.3) is 0 Å². The summed E-state index contributed by atoms with van der Waals surface area (Å²) in [5, 5.41) is 12.9. The van der Waals surface area contributed by atoms with E-state index in [0.29, 0.717) is 22.4 Å². The van der Waals surface area contributed by atoms with Crippen LogP contribution in [0.2, 0.25) is 0 Å². The molecule has 0 atom stereocenters. The summed E-state index contributed by atoms with van der Waals surface area (Å²) in [6, 6.07) is 10.6. The molecule has 0 spiro atoms. The van der Waals surface area contributed by atoms with Crippen molar-refractivity contribution in [1.82, 2.24) is 0 Å². The van der Waals surface area contributed by atoms with Crippen LogP contribution >= 0.6 is 0 Å². The minimum atomic E-state index is -1.18. The van der Waals surface area contributed by atoms with Crippen molar-refractivity contribution in [3.63, 3.8) is 0 Å². The van der Waals surface area contributed by atoms with Gasteiger partial charge in [-0.1, -0.05) is 29.4 Å². The third-order valence-electron chi connectivity index (χ3n) is 3.94. The second-order valence-electron chi connectivity index (χ2n) is 5.86. The molecule has 0 fully saturated rings. The number of ether oxygens (including phenoxy) is 1. The largest absolute Gasteiger partial charge is 0.489 e. The Morgan fingerprint density at radius 3 is 2.38 bits per heavy atom. The van der Waals surface area contributed by atoms with Crippen LogP contribution in [0.3, 0.4) is 0 Å². The zero-order chi connectivity index (χ0) is 19.3. The zero-order valence-electron chi connectivity index (χ0n) is 15.2. The van der Waals surface area contributed by atoms with Crippen molar-refractivity contribution in [1.29, 1.82) is 0 Å². The summed E-state index contributed by atoms with van der Waals surface area (Å²) in [7, 11) is 1.30. The fourth-order valence-electron chi connectivity index (χ4n) is 2.65. The van der Waals surface area contributed by atoms with Gasteiger partial charge in [-0.2, -0.15) is 0 Å². The number of oxime groups is 1. The van der Waals surface area contributed by atoms with Crippen LogP contribution in [0.15, 0.2) is 41.6 Å². The summed E-state index contributed by atoms with van der Waals surface area (Å²) in [6.45, 7) is 5.40. The number of rotatable bonds is 7. The Hall–Kier alpha value is -3.15. The van der Waals surface area contributed by atoms with Crippen LogP contribution < -0.4 is 4.74 Å². The van der Waals surface area contributed by atoms with E-state index in [0.717, 1.165) is 11.1 Å². The summed E-state index contributed by atoms with van der Waals surface area (Å²) in [4.78, 5) is 27.7. The number of ketones is 1. The van der Waals surface area contributed by atoms with Crippen LogP contribution in [-0.4, -0.2) is 29.7 Å². The van der Waals surface area contributed by atoms with Crippen LogP contribution in [0.1, 0.15) is 39.5 Å². The van der Waals surface area contributed by atoms with E-state index in [1.54, 1.807) is 30.3 Å². The highest BCUT2D eigenvalue weighted by Crippen LogP contribution is 2.25. The Morgan fingerprint density at radius 1 is 1.08 bits per heavy atom. The third-order valence-corrected chi connectivity index (χ3v) is 3.94. The van der Waals surface area contributed by atoms with E-state index in [1.807, 2.05) is 19.9 Å². The minimum Gasteiger partial charge on any atom is -0.489 e. The molecular weight excluding hydrogens is 334 g/mol. The Labute approximate surface area is 152 Å². The third kappa shape index (κ3) is 4.27. The molecule has 2 aromatic rings. The maximum absolute atomic E-state index is 11.6. The van der Waals surface area contributed by atoms with Crippen molar-refractivity contribution in [3.8, 4) is 5.75 Å². The SMILES string of the molecule is CO/N=C(/C(=O)O)c1ccccc1COc1cc(C)c(C(C)=O)cc1C. The Kier molecular flexibility index (Phi) is 6.11. The van der Waals surface area contributed by atoms with Crippen LogP contribution in [0.4, 0.5) is 0 Å². The van der Waals surface area contributed by atoms with Gasteiger partial charge < -0.3 is 14.7 Å². The van der Waals surface area contributed by atoms with Crippen molar-refractivity contribution in [2.75, 3.05) is 7.11 Å². The first-order valence-corrected chi connectivity index (χ1v) is 8.02. The lowest BCUT2D eigenvalue weighted by molar-refractivity contribution is -0.129. The normalized spacial score (nSPS) is 11.2. The molecule has 0 aliphatic carbocycles. The van der Waals surface area contributed by atoms with E-state index in [4.69, 9.17) is 4.74 Å². The molecule has 0 bridgehead atoms. The van der Waals surface area contributed by atoms with Gasteiger partial charge in [0.2, 0.25) is 0 Å². The number of carbonyl (C=O) groups excluding carboxylic acids is 1. The highest BCUT2D eigenvalue weighted by Gasteiger charge is 2.18. The van der Waals surface area contributed by atoms with E-state index in [1.165, 1.54) is 14.0 Å². The lowest BCUT2D eigenvalue weighted by atomic mass is 10.0. The van der Waals surface area contributed by atoms with Gasteiger partial charge in [-0.25, -0.2) is 4.79 Å². The zero-order valence-corrected chi connectivity index (χ0v) is 15.2. The van der Waals surface area contributed by atoms with Crippen molar-refractivity contribution in [2.24, 2.45) is 5.16 Å². The second kappa shape index (κ2) is 8.29. The molecule has 136 valence electrons. The van der Waals surface area contributed by atoms with Crippen molar-refractivity contribution >= 4 is 17.5 Å². The summed E-state index contributed by atoms with van der Waals surface area (Å²) in [5.74, 6) is -0.538. The second-order valence-corrected chi connectivity index (χ2v) is 5.86. The van der Waals surface area contributed by atoms with Gasteiger partial charge >= 0.3 is 5.97 Å². The molecule has 6 heteroatoms. The molecule has 0 aliphatic rings. The molecule has 0 aliphatic heterocycles. The first-order chi connectivity index (χ1) is 12.3. The fraction of sp³-hybridized carbons (Fsp3) is 0.250. The average molecular weight is 355 g/mol. The van der Waals surface area contributed by atoms with Crippen LogP contribution in [0, 0.1) is 13.8 Å². The van der Waals surface area contributed by atoms with Crippen molar-refractivity contribution < 1.29 is 24.3 Å². The average Bonchev–Trinajstić information content (AvgIpc) is 2.60. The first-order valence-electron chi connectivity index (χ1n) is 8.02. The van der Waals surface area contributed by atoms with Gasteiger partial charge in [-0.05, 0) is 49.6 Å². The Balaban J connectivity index is 2.31. The quantitative estimate of drug-likeness (QED) is 0.467. The molecule has 0 amide bonds. The Morgan fingerprint density at radius 2 is 1.77 bits per heavy atom. The van der Waals surface area contributed by atoms with Gasteiger partial charge in [0, 0.05) is 11.1 Å². The maximum atomic E-state index is 11.6. The van der Waals surface area contributed by atoms with Crippen LogP contribution in [0.25, 0.3) is 0 Å². The number of hydrogen-bond donors (Lipinski definition) is 1. The lowest BCUT2D eigenvalue weighted by Crippen LogP contribution is -2.17. The highest BCUT2D eigenvalue weighted by atomic mass is 16.6. The van der Waals surface area contributed by atoms with Gasteiger partial charge in [-0.3, -0.25) is 4.79 Å². The van der Waals surface area contributed by atoms with Gasteiger partial charge in [0.05, 0.1) is 0 Å². The highest BCUT2D eigenvalue weighted by molar-refractivity contribution is 6.42. The minimum absolute atomic E-state index is 0.00405. The number of Topliss-reactive ketones (excluding diaryl/α,β-unsaturated/α-hetero) is 1. The molecule has 0 heterocycles. The number of carboxylic acid groups (broad SMARTS) is 1. The molecule has 2 rings (SSSR count). The molecule has 0 radical (unpaired) electrons. The van der Waals surface area contributed by atoms with E-state index in [9.17, 15) is 14.7 Å². The predicted octanol–water partition coefficient (Wildman–Crippen LogP) is 3.52.